The van der Waals surface area contributed by atoms with Crippen molar-refractivity contribution < 1.29 is 9.90 Å². The van der Waals surface area contributed by atoms with E-state index in [-0.39, 0.29) is 18.0 Å². The van der Waals surface area contributed by atoms with Crippen molar-refractivity contribution in [3.05, 3.63) is 0 Å². The third-order valence-electron chi connectivity index (χ3n) is 3.98. The largest absolute Gasteiger partial charge is 0.481 e. The van der Waals surface area contributed by atoms with Gasteiger partial charge >= 0.3 is 5.97 Å². The Labute approximate surface area is 111 Å². The summed E-state index contributed by atoms with van der Waals surface area (Å²) in [6, 6.07) is 0.128. The Morgan fingerprint density at radius 2 is 2.06 bits per heavy atom. The summed E-state index contributed by atoms with van der Waals surface area (Å²) in [5, 5.41) is 9.03. The molecule has 1 aliphatic rings. The highest BCUT2D eigenvalue weighted by Gasteiger charge is 2.34. The summed E-state index contributed by atoms with van der Waals surface area (Å²) < 4.78 is 0. The molecule has 0 aromatic heterocycles. The van der Waals surface area contributed by atoms with Crippen LogP contribution >= 0.6 is 0 Å². The molecule has 1 heterocycles. The first kappa shape index (κ1) is 15.4. The highest BCUT2D eigenvalue weighted by atomic mass is 16.4. The van der Waals surface area contributed by atoms with E-state index in [0.29, 0.717) is 5.92 Å². The fourth-order valence-electron chi connectivity index (χ4n) is 2.62. The minimum absolute atomic E-state index is 0.128. The van der Waals surface area contributed by atoms with Crippen LogP contribution in [0.3, 0.4) is 0 Å². The van der Waals surface area contributed by atoms with Gasteiger partial charge in [-0.05, 0) is 39.8 Å². The van der Waals surface area contributed by atoms with E-state index in [9.17, 15) is 4.79 Å². The summed E-state index contributed by atoms with van der Waals surface area (Å²) in [4.78, 5) is 15.6. The monoisotopic (exact) mass is 256 g/mol. The van der Waals surface area contributed by atoms with Gasteiger partial charge in [0.05, 0.1) is 6.42 Å². The van der Waals surface area contributed by atoms with Gasteiger partial charge in [-0.15, -0.1) is 0 Å². The van der Waals surface area contributed by atoms with Crippen LogP contribution in [0.2, 0.25) is 0 Å². The standard InChI is InChI=1S/C14H28N2O2/c1-11(2)9-16-10-12(8-13(17)18)15(5)7-6-14(16,3)4/h11-12H,6-10H2,1-5H3,(H,17,18). The van der Waals surface area contributed by atoms with Gasteiger partial charge in [0.15, 0.2) is 0 Å². The van der Waals surface area contributed by atoms with E-state index in [4.69, 9.17) is 5.11 Å². The maximum Gasteiger partial charge on any atom is 0.304 e. The van der Waals surface area contributed by atoms with Crippen LogP contribution in [0.25, 0.3) is 0 Å². The third kappa shape index (κ3) is 4.25. The number of carbonyl (C=O) groups is 1. The summed E-state index contributed by atoms with van der Waals surface area (Å²) >= 11 is 0. The Morgan fingerprint density at radius 3 is 2.56 bits per heavy atom. The number of likely N-dealkylation sites (N-methyl/N-ethyl adjacent to an activating group) is 1. The van der Waals surface area contributed by atoms with Gasteiger partial charge in [-0.25, -0.2) is 0 Å². The van der Waals surface area contributed by atoms with Crippen molar-refractivity contribution >= 4 is 5.97 Å². The molecule has 0 aliphatic carbocycles. The van der Waals surface area contributed by atoms with Gasteiger partial charge in [0.1, 0.15) is 0 Å². The fourth-order valence-corrected chi connectivity index (χ4v) is 2.62. The van der Waals surface area contributed by atoms with Crippen LogP contribution < -0.4 is 0 Å². The fraction of sp³-hybridized carbons (Fsp3) is 0.929. The van der Waals surface area contributed by atoms with Crippen molar-refractivity contribution in [3.63, 3.8) is 0 Å². The minimum Gasteiger partial charge on any atom is -0.481 e. The molecule has 0 aromatic rings. The van der Waals surface area contributed by atoms with Gasteiger partial charge in [-0.2, -0.15) is 0 Å². The van der Waals surface area contributed by atoms with E-state index in [1.165, 1.54) is 0 Å². The van der Waals surface area contributed by atoms with Gasteiger partial charge in [0, 0.05) is 24.7 Å². The van der Waals surface area contributed by atoms with Gasteiger partial charge in [-0.3, -0.25) is 9.69 Å². The Kier molecular flexibility index (Phi) is 5.17. The molecule has 0 spiro atoms. The molecular formula is C14H28N2O2. The van der Waals surface area contributed by atoms with Crippen molar-refractivity contribution in [2.24, 2.45) is 5.92 Å². The first-order valence-electron chi connectivity index (χ1n) is 6.89. The number of hydrogen-bond acceptors (Lipinski definition) is 3. The van der Waals surface area contributed by atoms with Gasteiger partial charge in [0.2, 0.25) is 0 Å². The summed E-state index contributed by atoms with van der Waals surface area (Å²) in [6.07, 6.45) is 1.33. The highest BCUT2D eigenvalue weighted by Crippen LogP contribution is 2.26. The van der Waals surface area contributed by atoms with E-state index < -0.39 is 5.97 Å². The molecule has 0 radical (unpaired) electrons. The van der Waals surface area contributed by atoms with Crippen LogP contribution in [-0.4, -0.2) is 59.1 Å². The lowest BCUT2D eigenvalue weighted by Crippen LogP contribution is -2.48. The van der Waals surface area contributed by atoms with Gasteiger partial charge < -0.3 is 10.0 Å². The minimum atomic E-state index is -0.698. The molecule has 0 saturated carbocycles. The second-order valence-corrected chi connectivity index (χ2v) is 6.59. The molecule has 4 nitrogen and oxygen atoms in total. The Morgan fingerprint density at radius 1 is 1.44 bits per heavy atom. The average Bonchev–Trinajstić information content (AvgIpc) is 2.30. The van der Waals surface area contributed by atoms with E-state index in [0.717, 1.165) is 26.1 Å². The molecule has 4 heteroatoms. The Hall–Kier alpha value is -0.610. The number of carboxylic acid groups (broad SMARTS) is 1. The number of rotatable bonds is 4. The quantitative estimate of drug-likeness (QED) is 0.834. The van der Waals surface area contributed by atoms with E-state index in [1.807, 2.05) is 7.05 Å². The van der Waals surface area contributed by atoms with Crippen LogP contribution in [-0.2, 0) is 4.79 Å². The van der Waals surface area contributed by atoms with Crippen molar-refractivity contribution in [2.75, 3.05) is 26.7 Å². The summed E-state index contributed by atoms with van der Waals surface area (Å²) in [7, 11) is 2.04. The lowest BCUT2D eigenvalue weighted by molar-refractivity contribution is -0.138. The van der Waals surface area contributed by atoms with Gasteiger partial charge in [0.25, 0.3) is 0 Å². The lowest BCUT2D eigenvalue weighted by atomic mass is 9.97. The van der Waals surface area contributed by atoms with E-state index in [1.54, 1.807) is 0 Å². The van der Waals surface area contributed by atoms with Crippen LogP contribution in [0.15, 0.2) is 0 Å². The SMILES string of the molecule is CC(C)CN1CC(CC(=O)O)N(C)CCC1(C)C. The average molecular weight is 256 g/mol. The zero-order chi connectivity index (χ0) is 13.9. The van der Waals surface area contributed by atoms with Crippen molar-refractivity contribution in [1.82, 2.24) is 9.80 Å². The van der Waals surface area contributed by atoms with Crippen molar-refractivity contribution in [3.8, 4) is 0 Å². The molecule has 18 heavy (non-hydrogen) atoms. The molecule has 106 valence electrons. The maximum atomic E-state index is 11.0. The van der Waals surface area contributed by atoms with Gasteiger partial charge in [-0.1, -0.05) is 13.8 Å². The van der Waals surface area contributed by atoms with Crippen molar-refractivity contribution in [2.45, 2.75) is 52.1 Å². The summed E-state index contributed by atoms with van der Waals surface area (Å²) in [5.74, 6) is -0.0887. The van der Waals surface area contributed by atoms with E-state index >= 15 is 0 Å². The molecule has 0 amide bonds. The maximum absolute atomic E-state index is 11.0. The molecule has 1 rings (SSSR count). The molecule has 0 aromatic carbocycles. The molecule has 1 atom stereocenters. The molecule has 1 unspecified atom stereocenters. The van der Waals surface area contributed by atoms with Crippen molar-refractivity contribution in [1.29, 1.82) is 0 Å². The third-order valence-corrected chi connectivity index (χ3v) is 3.98. The topological polar surface area (TPSA) is 43.8 Å². The second kappa shape index (κ2) is 6.02. The Balaban J connectivity index is 2.81. The second-order valence-electron chi connectivity index (χ2n) is 6.59. The normalized spacial score (nSPS) is 26.2. The van der Waals surface area contributed by atoms with Crippen LogP contribution in [0, 0.1) is 5.92 Å². The highest BCUT2D eigenvalue weighted by molar-refractivity contribution is 5.67. The molecule has 1 aliphatic heterocycles. The van der Waals surface area contributed by atoms with E-state index in [2.05, 4.69) is 37.5 Å². The number of hydrogen-bond donors (Lipinski definition) is 1. The first-order valence-corrected chi connectivity index (χ1v) is 6.89. The molecule has 0 bridgehead atoms. The zero-order valence-corrected chi connectivity index (χ0v) is 12.4. The summed E-state index contributed by atoms with van der Waals surface area (Å²) in [5.41, 5.74) is 0.159. The predicted molar refractivity (Wildman–Crippen MR) is 73.8 cm³/mol. The van der Waals surface area contributed by atoms with Crippen LogP contribution in [0.5, 0.6) is 0 Å². The molecular weight excluding hydrogens is 228 g/mol. The molecule has 1 N–H and O–H groups in total. The van der Waals surface area contributed by atoms with Crippen LogP contribution in [0.4, 0.5) is 0 Å². The first-order chi connectivity index (χ1) is 8.22. The number of aliphatic carboxylic acids is 1. The zero-order valence-electron chi connectivity index (χ0n) is 12.4. The number of carboxylic acids is 1. The van der Waals surface area contributed by atoms with Crippen LogP contribution in [0.1, 0.15) is 40.5 Å². The summed E-state index contributed by atoms with van der Waals surface area (Å²) in [6.45, 7) is 11.8. The predicted octanol–water partition coefficient (Wildman–Crippen LogP) is 1.90. The Bertz CT molecular complexity index is 290. The lowest BCUT2D eigenvalue weighted by Gasteiger charge is -2.39. The molecule has 1 saturated heterocycles. The molecule has 1 fully saturated rings. The smallest absolute Gasteiger partial charge is 0.304 e. The number of nitrogens with zero attached hydrogens (tertiary/aromatic N) is 2.